The van der Waals surface area contributed by atoms with Gasteiger partial charge < -0.3 is 5.32 Å². The van der Waals surface area contributed by atoms with Gasteiger partial charge in [-0.15, -0.1) is 0 Å². The van der Waals surface area contributed by atoms with E-state index < -0.39 is 0 Å². The lowest BCUT2D eigenvalue weighted by Gasteiger charge is -2.11. The quantitative estimate of drug-likeness (QED) is 0.853. The van der Waals surface area contributed by atoms with Crippen LogP contribution in [0, 0.1) is 6.92 Å². The van der Waals surface area contributed by atoms with Crippen molar-refractivity contribution in [3.63, 3.8) is 0 Å². The highest BCUT2D eigenvalue weighted by molar-refractivity contribution is 5.67. The molecule has 0 aliphatic rings. The molecule has 0 amide bonds. The summed E-state index contributed by atoms with van der Waals surface area (Å²) in [6.45, 7) is 7.37. The first-order valence-electron chi connectivity index (χ1n) is 7.41. The second kappa shape index (κ2) is 7.04. The van der Waals surface area contributed by atoms with E-state index >= 15 is 0 Å². The summed E-state index contributed by atoms with van der Waals surface area (Å²) in [5.41, 5.74) is 4.67. The van der Waals surface area contributed by atoms with Crippen molar-refractivity contribution in [2.45, 2.75) is 40.0 Å². The van der Waals surface area contributed by atoms with Crippen molar-refractivity contribution < 1.29 is 0 Å². The Morgan fingerprint density at radius 1 is 1.00 bits per heavy atom. The predicted molar refractivity (Wildman–Crippen MR) is 85.0 cm³/mol. The Balaban J connectivity index is 2.27. The van der Waals surface area contributed by atoms with Crippen molar-refractivity contribution in [2.75, 3.05) is 11.9 Å². The van der Waals surface area contributed by atoms with Gasteiger partial charge in [0.1, 0.15) is 12.1 Å². The van der Waals surface area contributed by atoms with Crippen LogP contribution in [-0.4, -0.2) is 16.5 Å². The van der Waals surface area contributed by atoms with Crippen LogP contribution in [0.2, 0.25) is 0 Å². The van der Waals surface area contributed by atoms with Crippen LogP contribution in [0.15, 0.2) is 30.6 Å². The molecule has 0 unspecified atom stereocenters. The third kappa shape index (κ3) is 3.35. The van der Waals surface area contributed by atoms with Crippen LogP contribution in [0.4, 0.5) is 5.82 Å². The van der Waals surface area contributed by atoms with Gasteiger partial charge in [0, 0.05) is 17.7 Å². The minimum absolute atomic E-state index is 0.937. The summed E-state index contributed by atoms with van der Waals surface area (Å²) in [5, 5.41) is 3.35. The van der Waals surface area contributed by atoms with Gasteiger partial charge in [0.25, 0.3) is 0 Å². The molecule has 1 N–H and O–H groups in total. The summed E-state index contributed by atoms with van der Waals surface area (Å²) < 4.78 is 0. The summed E-state index contributed by atoms with van der Waals surface area (Å²) in [7, 11) is 0. The zero-order valence-electron chi connectivity index (χ0n) is 12.6. The molecule has 2 rings (SSSR count). The highest BCUT2D eigenvalue weighted by atomic mass is 15.0. The Morgan fingerprint density at radius 2 is 1.75 bits per heavy atom. The number of hydrogen-bond acceptors (Lipinski definition) is 3. The van der Waals surface area contributed by atoms with Crippen molar-refractivity contribution in [3.05, 3.63) is 41.7 Å². The number of anilines is 1. The smallest absolute Gasteiger partial charge is 0.132 e. The molecule has 0 aliphatic heterocycles. The van der Waals surface area contributed by atoms with Gasteiger partial charge in [0.15, 0.2) is 0 Å². The number of benzene rings is 1. The molecule has 0 aliphatic carbocycles. The Kier molecular flexibility index (Phi) is 5.10. The normalized spacial score (nSPS) is 10.6. The SMILES string of the molecule is CCCNc1ncnc(-c2ccc(CCC)cc2)c1C. The Bertz CT molecular complexity index is 547. The van der Waals surface area contributed by atoms with Gasteiger partial charge in [0.05, 0.1) is 5.69 Å². The molecule has 0 bridgehead atoms. The molecule has 0 spiro atoms. The zero-order valence-corrected chi connectivity index (χ0v) is 12.6. The molecule has 1 aromatic carbocycles. The minimum Gasteiger partial charge on any atom is -0.370 e. The van der Waals surface area contributed by atoms with Gasteiger partial charge in [-0.05, 0) is 25.3 Å². The topological polar surface area (TPSA) is 37.8 Å². The lowest BCUT2D eigenvalue weighted by Crippen LogP contribution is -2.05. The number of nitrogens with zero attached hydrogens (tertiary/aromatic N) is 2. The standard InChI is InChI=1S/C17H23N3/c1-4-6-14-7-9-15(10-8-14)16-13(3)17(18-11-5-2)20-12-19-16/h7-10,12H,4-6,11H2,1-3H3,(H,18,19,20). The fourth-order valence-electron chi connectivity index (χ4n) is 2.28. The lowest BCUT2D eigenvalue weighted by atomic mass is 10.0. The van der Waals surface area contributed by atoms with E-state index in [-0.39, 0.29) is 0 Å². The van der Waals surface area contributed by atoms with Crippen molar-refractivity contribution in [1.82, 2.24) is 9.97 Å². The summed E-state index contributed by atoms with van der Waals surface area (Å²) in [6, 6.07) is 8.70. The van der Waals surface area contributed by atoms with Crippen LogP contribution in [0.1, 0.15) is 37.8 Å². The van der Waals surface area contributed by atoms with E-state index in [1.807, 2.05) is 0 Å². The monoisotopic (exact) mass is 269 g/mol. The van der Waals surface area contributed by atoms with Crippen molar-refractivity contribution in [2.24, 2.45) is 0 Å². The molecule has 1 aromatic heterocycles. The van der Waals surface area contributed by atoms with E-state index in [9.17, 15) is 0 Å². The Hall–Kier alpha value is -1.90. The van der Waals surface area contributed by atoms with Crippen molar-refractivity contribution in [1.29, 1.82) is 0 Å². The summed E-state index contributed by atoms with van der Waals surface area (Å²) in [4.78, 5) is 8.77. The van der Waals surface area contributed by atoms with Crippen LogP contribution >= 0.6 is 0 Å². The number of hydrogen-bond donors (Lipinski definition) is 1. The van der Waals surface area contributed by atoms with E-state index in [4.69, 9.17) is 0 Å². The molecule has 106 valence electrons. The number of rotatable bonds is 6. The molecular formula is C17H23N3. The average molecular weight is 269 g/mol. The molecule has 3 heteroatoms. The number of nitrogens with one attached hydrogen (secondary N) is 1. The van der Waals surface area contributed by atoms with E-state index in [1.54, 1.807) is 6.33 Å². The van der Waals surface area contributed by atoms with Gasteiger partial charge in [-0.25, -0.2) is 9.97 Å². The first-order chi connectivity index (χ1) is 9.76. The zero-order chi connectivity index (χ0) is 14.4. The molecular weight excluding hydrogens is 246 g/mol. The van der Waals surface area contributed by atoms with Crippen LogP contribution in [0.3, 0.4) is 0 Å². The second-order valence-electron chi connectivity index (χ2n) is 5.07. The summed E-state index contributed by atoms with van der Waals surface area (Å²) in [6.07, 6.45) is 5.04. The first-order valence-corrected chi connectivity index (χ1v) is 7.41. The van der Waals surface area contributed by atoms with Gasteiger partial charge >= 0.3 is 0 Å². The first kappa shape index (κ1) is 14.5. The third-order valence-corrected chi connectivity index (χ3v) is 3.39. The van der Waals surface area contributed by atoms with Crippen molar-refractivity contribution >= 4 is 5.82 Å². The predicted octanol–water partition coefficient (Wildman–Crippen LogP) is 4.23. The van der Waals surface area contributed by atoms with E-state index in [0.29, 0.717) is 0 Å². The summed E-state index contributed by atoms with van der Waals surface area (Å²) in [5.74, 6) is 0.939. The molecule has 0 fully saturated rings. The maximum absolute atomic E-state index is 4.44. The average Bonchev–Trinajstić information content (AvgIpc) is 2.48. The largest absolute Gasteiger partial charge is 0.370 e. The minimum atomic E-state index is 0.937. The van der Waals surface area contributed by atoms with Crippen LogP contribution in [0.25, 0.3) is 11.3 Å². The van der Waals surface area contributed by atoms with Crippen molar-refractivity contribution in [3.8, 4) is 11.3 Å². The van der Waals surface area contributed by atoms with Gasteiger partial charge in [-0.1, -0.05) is 44.5 Å². The van der Waals surface area contributed by atoms with E-state index in [2.05, 4.69) is 60.3 Å². The Morgan fingerprint density at radius 3 is 2.40 bits per heavy atom. The fourth-order valence-corrected chi connectivity index (χ4v) is 2.28. The van der Waals surface area contributed by atoms with Crippen LogP contribution in [-0.2, 0) is 6.42 Å². The molecule has 2 aromatic rings. The number of aromatic nitrogens is 2. The highest BCUT2D eigenvalue weighted by Crippen LogP contribution is 2.25. The summed E-state index contributed by atoms with van der Waals surface area (Å²) >= 11 is 0. The maximum Gasteiger partial charge on any atom is 0.132 e. The molecule has 0 atom stereocenters. The third-order valence-electron chi connectivity index (χ3n) is 3.39. The van der Waals surface area contributed by atoms with Gasteiger partial charge in [-0.3, -0.25) is 0 Å². The molecule has 1 heterocycles. The molecule has 0 saturated heterocycles. The van der Waals surface area contributed by atoms with Gasteiger partial charge in [-0.2, -0.15) is 0 Å². The molecule has 0 saturated carbocycles. The number of aryl methyl sites for hydroxylation is 1. The highest BCUT2D eigenvalue weighted by Gasteiger charge is 2.08. The van der Waals surface area contributed by atoms with Crippen LogP contribution < -0.4 is 5.32 Å². The Labute approximate surface area is 121 Å². The molecule has 0 radical (unpaired) electrons. The fraction of sp³-hybridized carbons (Fsp3) is 0.412. The van der Waals surface area contributed by atoms with Crippen LogP contribution in [0.5, 0.6) is 0 Å². The molecule has 20 heavy (non-hydrogen) atoms. The van der Waals surface area contributed by atoms with E-state index in [1.165, 1.54) is 12.0 Å². The second-order valence-corrected chi connectivity index (χ2v) is 5.07. The van der Waals surface area contributed by atoms with Gasteiger partial charge in [0.2, 0.25) is 0 Å². The lowest BCUT2D eigenvalue weighted by molar-refractivity contribution is 0.922. The van der Waals surface area contributed by atoms with E-state index in [0.717, 1.165) is 42.0 Å². The maximum atomic E-state index is 4.44. The molecule has 3 nitrogen and oxygen atoms in total.